The number of nitro benzene ring substituents is 1. The Balaban J connectivity index is 1.46. The maximum atomic E-state index is 12.5. The molecule has 0 radical (unpaired) electrons. The van der Waals surface area contributed by atoms with Crippen molar-refractivity contribution >= 4 is 46.6 Å². The van der Waals surface area contributed by atoms with E-state index in [1.807, 2.05) is 16.7 Å². The number of piperidine rings is 1. The van der Waals surface area contributed by atoms with E-state index in [4.69, 9.17) is 16.0 Å². The van der Waals surface area contributed by atoms with E-state index in [2.05, 4.69) is 27.3 Å². The zero-order chi connectivity index (χ0) is 23.4. The quantitative estimate of drug-likeness (QED) is 0.279. The van der Waals surface area contributed by atoms with Crippen LogP contribution in [-0.2, 0) is 11.3 Å². The van der Waals surface area contributed by atoms with Gasteiger partial charge in [-0.3, -0.25) is 19.5 Å². The van der Waals surface area contributed by atoms with Gasteiger partial charge in [0, 0.05) is 24.8 Å². The number of benzene rings is 1. The highest BCUT2D eigenvalue weighted by molar-refractivity contribution is 7.99. The zero-order valence-electron chi connectivity index (χ0n) is 17.9. The van der Waals surface area contributed by atoms with E-state index in [1.54, 1.807) is 6.26 Å². The van der Waals surface area contributed by atoms with Gasteiger partial charge in [-0.1, -0.05) is 30.3 Å². The number of carbonyl (C=O) groups is 1. The smallest absolute Gasteiger partial charge is 0.289 e. The van der Waals surface area contributed by atoms with E-state index in [1.165, 1.54) is 30.0 Å². The lowest BCUT2D eigenvalue weighted by Crippen LogP contribution is -2.35. The van der Waals surface area contributed by atoms with Crippen molar-refractivity contribution in [3.8, 4) is 0 Å². The Morgan fingerprint density at radius 2 is 2.12 bits per heavy atom. The molecule has 1 amide bonds. The first-order valence-corrected chi connectivity index (χ1v) is 11.8. The number of hydrogen-bond acceptors (Lipinski definition) is 8. The molecule has 0 spiro atoms. The van der Waals surface area contributed by atoms with E-state index in [0.29, 0.717) is 23.3 Å². The van der Waals surface area contributed by atoms with Crippen LogP contribution in [0.4, 0.5) is 17.3 Å². The fraction of sp³-hybridized carbons (Fsp3) is 0.381. The molecule has 10 nitrogen and oxygen atoms in total. The highest BCUT2D eigenvalue weighted by Crippen LogP contribution is 2.29. The van der Waals surface area contributed by atoms with Gasteiger partial charge in [0.2, 0.25) is 11.9 Å². The number of nitro groups is 1. The Kier molecular flexibility index (Phi) is 7.19. The van der Waals surface area contributed by atoms with Crippen LogP contribution in [0.5, 0.6) is 0 Å². The predicted molar refractivity (Wildman–Crippen MR) is 126 cm³/mol. The second kappa shape index (κ2) is 10.3. The maximum absolute atomic E-state index is 12.5. The van der Waals surface area contributed by atoms with Crippen molar-refractivity contribution in [2.24, 2.45) is 5.92 Å². The Bertz CT molecular complexity index is 1130. The second-order valence-electron chi connectivity index (χ2n) is 7.88. The number of furan rings is 1. The van der Waals surface area contributed by atoms with Crippen molar-refractivity contribution in [2.75, 3.05) is 29.1 Å². The van der Waals surface area contributed by atoms with Crippen LogP contribution in [0.2, 0.25) is 5.02 Å². The normalized spacial score (nSPS) is 14.4. The molecule has 1 aliphatic heterocycles. The van der Waals surface area contributed by atoms with Crippen LogP contribution in [0.3, 0.4) is 0 Å². The minimum absolute atomic E-state index is 0.0121. The summed E-state index contributed by atoms with van der Waals surface area (Å²) in [6.45, 7) is 4.50. The Morgan fingerprint density at radius 1 is 1.33 bits per heavy atom. The van der Waals surface area contributed by atoms with Crippen LogP contribution < -0.4 is 10.2 Å². The Labute approximate surface area is 199 Å². The number of rotatable bonds is 8. The van der Waals surface area contributed by atoms with Gasteiger partial charge in [0.25, 0.3) is 5.69 Å². The molecule has 0 atom stereocenters. The average molecular weight is 491 g/mol. The molecule has 3 aromatic rings. The highest BCUT2D eigenvalue weighted by atomic mass is 35.5. The maximum Gasteiger partial charge on any atom is 0.289 e. The van der Waals surface area contributed by atoms with Gasteiger partial charge in [-0.25, -0.2) is 0 Å². The highest BCUT2D eigenvalue weighted by Gasteiger charge is 2.24. The van der Waals surface area contributed by atoms with Crippen molar-refractivity contribution in [2.45, 2.75) is 31.5 Å². The SMILES string of the molecule is CC1CCN(c2nnc(SCC(=O)Nc3ccc(Cl)c([N+](=O)[O-])c3)n2Cc2ccco2)CC1. The summed E-state index contributed by atoms with van der Waals surface area (Å²) >= 11 is 7.08. The van der Waals surface area contributed by atoms with E-state index in [0.717, 1.165) is 37.6 Å². The molecule has 2 aromatic heterocycles. The molecule has 12 heteroatoms. The summed E-state index contributed by atoms with van der Waals surface area (Å²) in [6.07, 6.45) is 3.80. The summed E-state index contributed by atoms with van der Waals surface area (Å²) in [5.74, 6) is 1.95. The van der Waals surface area contributed by atoms with E-state index >= 15 is 0 Å². The van der Waals surface area contributed by atoms with Crippen LogP contribution in [0.25, 0.3) is 0 Å². The molecular formula is C21H23ClN6O4S. The summed E-state index contributed by atoms with van der Waals surface area (Å²) in [6, 6.07) is 7.85. The van der Waals surface area contributed by atoms with Crippen molar-refractivity contribution in [1.82, 2.24) is 14.8 Å². The van der Waals surface area contributed by atoms with Crippen LogP contribution in [-0.4, -0.2) is 44.4 Å². The van der Waals surface area contributed by atoms with Gasteiger partial charge >= 0.3 is 0 Å². The van der Waals surface area contributed by atoms with Gasteiger partial charge < -0.3 is 14.6 Å². The standard InChI is InChI=1S/C21H23ClN6O4S/c1-14-6-8-26(9-7-14)20-24-25-21(27(20)12-16-3-2-10-32-16)33-13-19(29)23-15-4-5-17(22)18(11-15)28(30)31/h2-5,10-11,14H,6-9,12-13H2,1H3,(H,23,29). The topological polar surface area (TPSA) is 119 Å². The van der Waals surface area contributed by atoms with E-state index < -0.39 is 4.92 Å². The Hall–Kier alpha value is -3.05. The van der Waals surface area contributed by atoms with Gasteiger partial charge in [-0.05, 0) is 43.0 Å². The molecule has 0 aliphatic carbocycles. The number of amides is 1. The molecule has 174 valence electrons. The number of aromatic nitrogens is 3. The first-order valence-electron chi connectivity index (χ1n) is 10.5. The van der Waals surface area contributed by atoms with Crippen LogP contribution in [0, 0.1) is 16.0 Å². The van der Waals surface area contributed by atoms with Crippen molar-refractivity contribution in [3.05, 3.63) is 57.5 Å². The molecule has 0 unspecified atom stereocenters. The molecule has 3 heterocycles. The molecule has 33 heavy (non-hydrogen) atoms. The monoisotopic (exact) mass is 490 g/mol. The average Bonchev–Trinajstić information content (AvgIpc) is 3.44. The summed E-state index contributed by atoms with van der Waals surface area (Å²) in [7, 11) is 0. The molecular weight excluding hydrogens is 468 g/mol. The van der Waals surface area contributed by atoms with Crippen molar-refractivity contribution in [3.63, 3.8) is 0 Å². The fourth-order valence-corrected chi connectivity index (χ4v) is 4.50. The van der Waals surface area contributed by atoms with Gasteiger partial charge in [-0.2, -0.15) is 0 Å². The number of nitrogens with zero attached hydrogens (tertiary/aromatic N) is 5. The minimum Gasteiger partial charge on any atom is -0.467 e. The molecule has 0 bridgehead atoms. The van der Waals surface area contributed by atoms with Crippen LogP contribution in [0.1, 0.15) is 25.5 Å². The molecule has 0 saturated carbocycles. The van der Waals surface area contributed by atoms with Gasteiger partial charge in [0.1, 0.15) is 10.8 Å². The van der Waals surface area contributed by atoms with Gasteiger partial charge in [0.15, 0.2) is 5.16 Å². The number of nitrogens with one attached hydrogen (secondary N) is 1. The fourth-order valence-electron chi connectivity index (χ4n) is 3.58. The van der Waals surface area contributed by atoms with E-state index in [-0.39, 0.29) is 22.4 Å². The molecule has 1 fully saturated rings. The largest absolute Gasteiger partial charge is 0.467 e. The van der Waals surface area contributed by atoms with Crippen molar-refractivity contribution in [1.29, 1.82) is 0 Å². The summed E-state index contributed by atoms with van der Waals surface area (Å²) in [5, 5.41) is 23.1. The molecule has 1 N–H and O–H groups in total. The number of anilines is 2. The molecule has 1 aliphatic rings. The summed E-state index contributed by atoms with van der Waals surface area (Å²) in [4.78, 5) is 25.2. The third kappa shape index (κ3) is 5.66. The van der Waals surface area contributed by atoms with Crippen LogP contribution >= 0.6 is 23.4 Å². The van der Waals surface area contributed by atoms with Gasteiger partial charge in [-0.15, -0.1) is 10.2 Å². The molecule has 1 saturated heterocycles. The molecule has 1 aromatic carbocycles. The molecule has 4 rings (SSSR count). The Morgan fingerprint density at radius 3 is 2.82 bits per heavy atom. The minimum atomic E-state index is -0.591. The third-order valence-electron chi connectivity index (χ3n) is 5.42. The lowest BCUT2D eigenvalue weighted by atomic mass is 10.00. The van der Waals surface area contributed by atoms with Gasteiger partial charge in [0.05, 0.1) is 23.5 Å². The number of carbonyl (C=O) groups excluding carboxylic acids is 1. The third-order valence-corrected chi connectivity index (χ3v) is 6.70. The number of thioether (sulfide) groups is 1. The predicted octanol–water partition coefficient (Wildman–Crippen LogP) is 4.45. The lowest BCUT2D eigenvalue weighted by Gasteiger charge is -2.31. The van der Waals surface area contributed by atoms with Crippen molar-refractivity contribution < 1.29 is 14.1 Å². The van der Waals surface area contributed by atoms with Crippen LogP contribution in [0.15, 0.2) is 46.2 Å². The van der Waals surface area contributed by atoms with E-state index in [9.17, 15) is 14.9 Å². The first kappa shape index (κ1) is 23.1. The number of hydrogen-bond donors (Lipinski definition) is 1. The summed E-state index contributed by atoms with van der Waals surface area (Å²) < 4.78 is 7.47. The second-order valence-corrected chi connectivity index (χ2v) is 9.23. The first-order chi connectivity index (χ1) is 15.9. The zero-order valence-corrected chi connectivity index (χ0v) is 19.5. The lowest BCUT2D eigenvalue weighted by molar-refractivity contribution is -0.384. The summed E-state index contributed by atoms with van der Waals surface area (Å²) in [5.41, 5.74) is 0.0395. The number of halogens is 1.